The molecule has 1 aliphatic rings. The van der Waals surface area contributed by atoms with Crippen LogP contribution in [0.25, 0.3) is 11.0 Å². The van der Waals surface area contributed by atoms with Crippen LogP contribution in [0.2, 0.25) is 0 Å². The van der Waals surface area contributed by atoms with Crippen LogP contribution in [0.3, 0.4) is 0 Å². The zero-order chi connectivity index (χ0) is 17.1. The van der Waals surface area contributed by atoms with E-state index in [2.05, 4.69) is 49.7 Å². The van der Waals surface area contributed by atoms with Gasteiger partial charge in [-0.3, -0.25) is 0 Å². The quantitative estimate of drug-likeness (QED) is 0.567. The summed E-state index contributed by atoms with van der Waals surface area (Å²) in [7, 11) is 0. The number of rotatable bonds is 4. The van der Waals surface area contributed by atoms with E-state index in [1.54, 1.807) is 0 Å². The van der Waals surface area contributed by atoms with Crippen molar-refractivity contribution in [1.82, 2.24) is 9.97 Å². The smallest absolute Gasteiger partial charge is 0.222 e. The molecule has 0 spiro atoms. The number of morpholine rings is 1. The zero-order valence-corrected chi connectivity index (χ0v) is 14.2. The van der Waals surface area contributed by atoms with Crippen LogP contribution in [-0.4, -0.2) is 42.0 Å². The van der Waals surface area contributed by atoms with E-state index in [1.165, 1.54) is 5.69 Å². The molecule has 1 fully saturated rings. The Labute approximate surface area is 146 Å². The van der Waals surface area contributed by atoms with Crippen LogP contribution in [0.5, 0.6) is 0 Å². The number of H-pyrrole nitrogens is 1. The fourth-order valence-corrected chi connectivity index (χ4v) is 2.94. The lowest BCUT2D eigenvalue weighted by molar-refractivity contribution is 0.122. The highest BCUT2D eigenvalue weighted by atomic mass is 16.5. The largest absolute Gasteiger partial charge is 0.378 e. The van der Waals surface area contributed by atoms with E-state index in [-0.39, 0.29) is 0 Å². The molecule has 0 atom stereocenters. The number of ether oxygens (including phenoxy) is 1. The molecule has 128 valence electrons. The molecule has 2 N–H and O–H groups in total. The Balaban J connectivity index is 1.45. The molecule has 1 saturated heterocycles. The van der Waals surface area contributed by atoms with Gasteiger partial charge >= 0.3 is 0 Å². The number of aromatic nitrogens is 2. The molecule has 6 heteroatoms. The van der Waals surface area contributed by atoms with Crippen LogP contribution < -0.4 is 10.3 Å². The molecule has 3 aromatic rings. The Morgan fingerprint density at radius 1 is 1.12 bits per heavy atom. The molecule has 1 aromatic heterocycles. The number of hydrogen-bond donors (Lipinski definition) is 2. The van der Waals surface area contributed by atoms with Crippen LogP contribution in [0.1, 0.15) is 12.5 Å². The number of nitrogens with one attached hydrogen (secondary N) is 2. The van der Waals surface area contributed by atoms with Crippen molar-refractivity contribution in [3.63, 3.8) is 0 Å². The summed E-state index contributed by atoms with van der Waals surface area (Å²) >= 11 is 0. The highest BCUT2D eigenvalue weighted by Crippen LogP contribution is 2.17. The molecule has 0 unspecified atom stereocenters. The molecule has 0 aliphatic carbocycles. The van der Waals surface area contributed by atoms with Gasteiger partial charge in [0, 0.05) is 18.8 Å². The van der Waals surface area contributed by atoms with Gasteiger partial charge in [-0.1, -0.05) is 24.3 Å². The van der Waals surface area contributed by atoms with Gasteiger partial charge in [-0.15, -0.1) is 0 Å². The summed E-state index contributed by atoms with van der Waals surface area (Å²) in [4.78, 5) is 10.0. The van der Waals surface area contributed by atoms with Crippen LogP contribution >= 0.6 is 0 Å². The van der Waals surface area contributed by atoms with Gasteiger partial charge in [0.25, 0.3) is 0 Å². The predicted molar refractivity (Wildman–Crippen MR) is 101 cm³/mol. The Bertz CT molecular complexity index is 845. The standard InChI is InChI=1S/C19H21N5O/c1-14(22-23-19-20-17-4-2-3-5-18(17)21-19)15-6-8-16(9-7-15)24-10-12-25-13-11-24/h2-9H,10-13H2,1H3,(H2,20,21,23)/b22-14+. The monoisotopic (exact) mass is 335 g/mol. The van der Waals surface area contributed by atoms with Crippen LogP contribution in [0.4, 0.5) is 11.6 Å². The number of para-hydroxylation sites is 2. The van der Waals surface area contributed by atoms with E-state index in [1.807, 2.05) is 31.2 Å². The van der Waals surface area contributed by atoms with E-state index >= 15 is 0 Å². The maximum absolute atomic E-state index is 5.40. The Hall–Kier alpha value is -2.86. The van der Waals surface area contributed by atoms with Crippen LogP contribution in [-0.2, 0) is 4.74 Å². The lowest BCUT2D eigenvalue weighted by atomic mass is 10.1. The Morgan fingerprint density at radius 2 is 1.88 bits per heavy atom. The molecule has 25 heavy (non-hydrogen) atoms. The van der Waals surface area contributed by atoms with Crippen LogP contribution in [0.15, 0.2) is 53.6 Å². The first kappa shape index (κ1) is 15.7. The number of nitrogens with zero attached hydrogens (tertiary/aromatic N) is 3. The van der Waals surface area contributed by atoms with Gasteiger partial charge in [0.1, 0.15) is 0 Å². The Kier molecular flexibility index (Phi) is 4.35. The van der Waals surface area contributed by atoms with Gasteiger partial charge in [0.15, 0.2) is 0 Å². The molecule has 0 radical (unpaired) electrons. The summed E-state index contributed by atoms with van der Waals surface area (Å²) < 4.78 is 5.40. The lowest BCUT2D eigenvalue weighted by Crippen LogP contribution is -2.36. The zero-order valence-electron chi connectivity index (χ0n) is 14.2. The van der Waals surface area contributed by atoms with Gasteiger partial charge in [-0.2, -0.15) is 5.10 Å². The maximum Gasteiger partial charge on any atom is 0.222 e. The normalized spacial score (nSPS) is 15.6. The summed E-state index contributed by atoms with van der Waals surface area (Å²) in [5, 5.41) is 4.44. The molecule has 0 amide bonds. The first-order valence-electron chi connectivity index (χ1n) is 8.48. The van der Waals surface area contributed by atoms with E-state index < -0.39 is 0 Å². The first-order valence-corrected chi connectivity index (χ1v) is 8.48. The second-order valence-electron chi connectivity index (χ2n) is 6.06. The van der Waals surface area contributed by atoms with Crippen molar-refractivity contribution in [3.8, 4) is 0 Å². The van der Waals surface area contributed by atoms with Gasteiger partial charge < -0.3 is 14.6 Å². The molecule has 4 rings (SSSR count). The number of fused-ring (bicyclic) bond motifs is 1. The van der Waals surface area contributed by atoms with Crippen molar-refractivity contribution in [2.75, 3.05) is 36.6 Å². The average Bonchev–Trinajstić information content (AvgIpc) is 3.10. The molecule has 6 nitrogen and oxygen atoms in total. The van der Waals surface area contributed by atoms with Crippen molar-refractivity contribution in [2.24, 2.45) is 5.10 Å². The van der Waals surface area contributed by atoms with E-state index in [0.29, 0.717) is 5.95 Å². The lowest BCUT2D eigenvalue weighted by Gasteiger charge is -2.28. The van der Waals surface area contributed by atoms with E-state index in [9.17, 15) is 0 Å². The van der Waals surface area contributed by atoms with Crippen molar-refractivity contribution in [3.05, 3.63) is 54.1 Å². The summed E-state index contributed by atoms with van der Waals surface area (Å²) in [6, 6.07) is 16.4. The minimum Gasteiger partial charge on any atom is -0.378 e. The fraction of sp³-hybridized carbons (Fsp3) is 0.263. The third-order valence-corrected chi connectivity index (χ3v) is 4.38. The van der Waals surface area contributed by atoms with Crippen molar-refractivity contribution in [1.29, 1.82) is 0 Å². The summed E-state index contributed by atoms with van der Waals surface area (Å²) in [5.41, 5.74) is 8.14. The molecule has 0 saturated carbocycles. The van der Waals surface area contributed by atoms with E-state index in [0.717, 1.165) is 48.6 Å². The van der Waals surface area contributed by atoms with Crippen molar-refractivity contribution < 1.29 is 4.74 Å². The topological polar surface area (TPSA) is 65.5 Å². The minimum atomic E-state index is 0.644. The summed E-state index contributed by atoms with van der Waals surface area (Å²) in [5.74, 6) is 0.644. The number of hydrazone groups is 1. The highest BCUT2D eigenvalue weighted by molar-refractivity contribution is 5.99. The third-order valence-electron chi connectivity index (χ3n) is 4.38. The molecule has 0 bridgehead atoms. The number of imidazole rings is 1. The van der Waals surface area contributed by atoms with Crippen molar-refractivity contribution >= 4 is 28.4 Å². The van der Waals surface area contributed by atoms with Gasteiger partial charge in [0.05, 0.1) is 30.0 Å². The minimum absolute atomic E-state index is 0.644. The number of hydrogen-bond acceptors (Lipinski definition) is 5. The van der Waals surface area contributed by atoms with E-state index in [4.69, 9.17) is 4.74 Å². The number of aromatic amines is 1. The van der Waals surface area contributed by atoms with Crippen molar-refractivity contribution in [2.45, 2.75) is 6.92 Å². The van der Waals surface area contributed by atoms with Gasteiger partial charge in [0.2, 0.25) is 5.95 Å². The number of benzene rings is 2. The maximum atomic E-state index is 5.40. The molecular weight excluding hydrogens is 314 g/mol. The summed E-state index contributed by atoms with van der Waals surface area (Å²) in [6.45, 7) is 5.47. The Morgan fingerprint density at radius 3 is 2.64 bits per heavy atom. The second kappa shape index (κ2) is 6.94. The molecule has 2 heterocycles. The van der Waals surface area contributed by atoms with Crippen LogP contribution in [0, 0.1) is 0 Å². The average molecular weight is 335 g/mol. The SMILES string of the molecule is C/C(=N\Nc1nc2ccccc2[nH]1)c1ccc(N2CCOCC2)cc1. The third kappa shape index (κ3) is 3.49. The molecule has 2 aromatic carbocycles. The fourth-order valence-electron chi connectivity index (χ4n) is 2.94. The number of anilines is 2. The second-order valence-corrected chi connectivity index (χ2v) is 6.06. The van der Waals surface area contributed by atoms with Gasteiger partial charge in [-0.25, -0.2) is 10.4 Å². The van der Waals surface area contributed by atoms with Gasteiger partial charge in [-0.05, 0) is 36.8 Å². The summed E-state index contributed by atoms with van der Waals surface area (Å²) in [6.07, 6.45) is 0. The molecule has 1 aliphatic heterocycles. The molecular formula is C19H21N5O. The first-order chi connectivity index (χ1) is 12.3. The highest BCUT2D eigenvalue weighted by Gasteiger charge is 2.11. The predicted octanol–water partition coefficient (Wildman–Crippen LogP) is 3.24.